The van der Waals surface area contributed by atoms with E-state index in [-0.39, 0.29) is 18.6 Å². The molecule has 27 heavy (non-hydrogen) atoms. The number of carbonyl (C=O) groups is 2. The fourth-order valence-corrected chi connectivity index (χ4v) is 3.47. The topological polar surface area (TPSA) is 93.9 Å². The Bertz CT molecular complexity index is 903. The number of aromatic nitrogens is 1. The number of likely N-dealkylation sites (tertiary alicyclic amines) is 1. The van der Waals surface area contributed by atoms with Gasteiger partial charge in [-0.15, -0.1) is 0 Å². The molecule has 1 saturated heterocycles. The Hall–Kier alpha value is -3.03. The lowest BCUT2D eigenvalue weighted by molar-refractivity contribution is -0.137. The zero-order valence-electron chi connectivity index (χ0n) is 15.5. The molecule has 0 bridgehead atoms. The molecular formula is C19H21N3O5. The molecule has 2 aliphatic rings. The van der Waals surface area contributed by atoms with Crippen LogP contribution in [0, 0.1) is 13.8 Å². The summed E-state index contributed by atoms with van der Waals surface area (Å²) >= 11 is 0. The predicted octanol–water partition coefficient (Wildman–Crippen LogP) is 1.94. The minimum atomic E-state index is -0.885. The number of nitrogens with one attached hydrogen (secondary N) is 1. The summed E-state index contributed by atoms with van der Waals surface area (Å²) in [5.74, 6) is 1.43. The first-order chi connectivity index (χ1) is 12.9. The molecule has 1 aromatic carbocycles. The summed E-state index contributed by atoms with van der Waals surface area (Å²) in [6, 6.07) is 5.55. The summed E-state index contributed by atoms with van der Waals surface area (Å²) in [6.07, 6.45) is 0.606. The lowest BCUT2D eigenvalue weighted by Crippen LogP contribution is -2.67. The van der Waals surface area contributed by atoms with Gasteiger partial charge in [0.15, 0.2) is 11.5 Å². The van der Waals surface area contributed by atoms with E-state index in [2.05, 4.69) is 10.5 Å². The number of fused-ring (bicyclic) bond motifs is 1. The highest BCUT2D eigenvalue weighted by Gasteiger charge is 2.50. The van der Waals surface area contributed by atoms with Crippen molar-refractivity contribution in [2.24, 2.45) is 0 Å². The van der Waals surface area contributed by atoms with Crippen LogP contribution < -0.4 is 14.8 Å². The van der Waals surface area contributed by atoms with Crippen LogP contribution in [0.4, 0.5) is 0 Å². The Labute approximate surface area is 156 Å². The van der Waals surface area contributed by atoms with Gasteiger partial charge in [0.2, 0.25) is 12.7 Å². The summed E-state index contributed by atoms with van der Waals surface area (Å²) in [4.78, 5) is 27.3. The van der Waals surface area contributed by atoms with Gasteiger partial charge in [-0.3, -0.25) is 9.59 Å². The van der Waals surface area contributed by atoms with Crippen LogP contribution in [-0.4, -0.2) is 40.7 Å². The van der Waals surface area contributed by atoms with Crippen LogP contribution in [0.25, 0.3) is 0 Å². The Morgan fingerprint density at radius 2 is 2.04 bits per heavy atom. The van der Waals surface area contributed by atoms with Gasteiger partial charge in [0.05, 0.1) is 5.69 Å². The third-order valence-electron chi connectivity index (χ3n) is 5.29. The highest BCUT2D eigenvalue weighted by molar-refractivity contribution is 6.01. The molecule has 8 heteroatoms. The molecule has 2 aromatic rings. The highest BCUT2D eigenvalue weighted by atomic mass is 16.7. The third-order valence-corrected chi connectivity index (χ3v) is 5.29. The first-order valence-corrected chi connectivity index (χ1v) is 8.82. The van der Waals surface area contributed by atoms with E-state index in [1.165, 1.54) is 0 Å². The first-order valence-electron chi connectivity index (χ1n) is 8.82. The Balaban J connectivity index is 1.44. The molecule has 0 aliphatic carbocycles. The molecule has 3 heterocycles. The monoisotopic (exact) mass is 371 g/mol. The summed E-state index contributed by atoms with van der Waals surface area (Å²) in [6.45, 7) is 6.28. The molecule has 1 N–H and O–H groups in total. The summed E-state index contributed by atoms with van der Waals surface area (Å²) in [5.41, 5.74) is 0.986. The molecule has 0 radical (unpaired) electrons. The first kappa shape index (κ1) is 17.4. The van der Waals surface area contributed by atoms with Gasteiger partial charge in [-0.1, -0.05) is 11.2 Å². The van der Waals surface area contributed by atoms with Crippen LogP contribution in [-0.2, 0) is 11.3 Å². The van der Waals surface area contributed by atoms with Crippen LogP contribution in [0.2, 0.25) is 0 Å². The molecule has 8 nitrogen and oxygen atoms in total. The predicted molar refractivity (Wildman–Crippen MR) is 94.4 cm³/mol. The van der Waals surface area contributed by atoms with Gasteiger partial charge in [-0.2, -0.15) is 0 Å². The molecule has 0 spiro atoms. The quantitative estimate of drug-likeness (QED) is 0.883. The third kappa shape index (κ3) is 2.81. The van der Waals surface area contributed by atoms with Crippen LogP contribution in [0.1, 0.15) is 40.7 Å². The van der Waals surface area contributed by atoms with Crippen molar-refractivity contribution in [2.75, 3.05) is 13.3 Å². The number of hydrogen-bond acceptors (Lipinski definition) is 6. The molecule has 1 atom stereocenters. The van der Waals surface area contributed by atoms with Crippen molar-refractivity contribution in [1.29, 1.82) is 0 Å². The van der Waals surface area contributed by atoms with Crippen LogP contribution >= 0.6 is 0 Å². The van der Waals surface area contributed by atoms with Crippen molar-refractivity contribution < 1.29 is 23.6 Å². The maximum atomic E-state index is 12.9. The molecule has 2 aliphatic heterocycles. The number of amides is 2. The summed E-state index contributed by atoms with van der Waals surface area (Å²) < 4.78 is 15.7. The molecule has 1 aromatic heterocycles. The molecule has 2 amide bonds. The number of ether oxygens (including phenoxy) is 2. The van der Waals surface area contributed by atoms with Crippen molar-refractivity contribution >= 4 is 11.8 Å². The largest absolute Gasteiger partial charge is 0.454 e. The number of aryl methyl sites for hydroxylation is 2. The lowest BCUT2D eigenvalue weighted by atomic mass is 9.84. The van der Waals surface area contributed by atoms with Crippen molar-refractivity contribution in [3.8, 4) is 11.5 Å². The minimum absolute atomic E-state index is 0.188. The fraction of sp³-hybridized carbons (Fsp3) is 0.421. The Kier molecular flexibility index (Phi) is 4.05. The van der Waals surface area contributed by atoms with Crippen molar-refractivity contribution in [1.82, 2.24) is 15.4 Å². The number of nitrogens with zero attached hydrogens (tertiary/aromatic N) is 2. The number of carbonyl (C=O) groups excluding carboxylic acids is 2. The summed E-state index contributed by atoms with van der Waals surface area (Å²) in [7, 11) is 0. The molecule has 0 saturated carbocycles. The normalized spacial score (nSPS) is 20.3. The second-order valence-electron chi connectivity index (χ2n) is 7.05. The van der Waals surface area contributed by atoms with E-state index >= 15 is 0 Å². The van der Waals surface area contributed by atoms with E-state index in [0.29, 0.717) is 48.0 Å². The number of benzene rings is 1. The minimum Gasteiger partial charge on any atom is -0.454 e. The maximum Gasteiger partial charge on any atom is 0.260 e. The van der Waals surface area contributed by atoms with Crippen molar-refractivity contribution in [3.63, 3.8) is 0 Å². The van der Waals surface area contributed by atoms with Gasteiger partial charge in [-0.05, 0) is 44.9 Å². The van der Waals surface area contributed by atoms with Crippen LogP contribution in [0.3, 0.4) is 0 Å². The highest BCUT2D eigenvalue weighted by Crippen LogP contribution is 2.34. The van der Waals surface area contributed by atoms with Gasteiger partial charge in [-0.25, -0.2) is 0 Å². The Morgan fingerprint density at radius 1 is 1.26 bits per heavy atom. The molecule has 1 fully saturated rings. The average Bonchev–Trinajstić information content (AvgIpc) is 3.23. The molecule has 142 valence electrons. The number of hydrogen-bond donors (Lipinski definition) is 1. The van der Waals surface area contributed by atoms with Crippen molar-refractivity contribution in [2.45, 2.75) is 39.3 Å². The van der Waals surface area contributed by atoms with Gasteiger partial charge in [0.1, 0.15) is 16.9 Å². The molecule has 1 unspecified atom stereocenters. The lowest BCUT2D eigenvalue weighted by Gasteiger charge is -2.49. The van der Waals surface area contributed by atoms with Gasteiger partial charge in [0, 0.05) is 13.1 Å². The van der Waals surface area contributed by atoms with E-state index in [9.17, 15) is 9.59 Å². The van der Waals surface area contributed by atoms with E-state index in [4.69, 9.17) is 14.0 Å². The smallest absolute Gasteiger partial charge is 0.260 e. The van der Waals surface area contributed by atoms with Crippen LogP contribution in [0.5, 0.6) is 11.5 Å². The van der Waals surface area contributed by atoms with E-state index in [0.717, 1.165) is 5.56 Å². The van der Waals surface area contributed by atoms with Gasteiger partial charge < -0.3 is 24.2 Å². The number of rotatable bonds is 4. The van der Waals surface area contributed by atoms with Crippen LogP contribution in [0.15, 0.2) is 22.7 Å². The standard InChI is InChI=1S/C19H21N3O5/c1-11-16(12(2)27-21-11)17(23)22-7-6-19(22,3)18(24)20-9-13-4-5-14-15(8-13)26-10-25-14/h4-5,8H,6-7,9-10H2,1-3H3,(H,20,24). The maximum absolute atomic E-state index is 12.9. The SMILES string of the molecule is Cc1noc(C)c1C(=O)N1CCC1(C)C(=O)NCc1ccc2c(c1)OCO2. The summed E-state index contributed by atoms with van der Waals surface area (Å²) in [5, 5.41) is 6.75. The van der Waals surface area contributed by atoms with Gasteiger partial charge >= 0.3 is 0 Å². The van der Waals surface area contributed by atoms with Crippen molar-refractivity contribution in [3.05, 3.63) is 40.8 Å². The second kappa shape index (κ2) is 6.29. The Morgan fingerprint density at radius 3 is 2.70 bits per heavy atom. The van der Waals surface area contributed by atoms with E-state index in [1.807, 2.05) is 18.2 Å². The zero-order valence-corrected chi connectivity index (χ0v) is 15.5. The zero-order chi connectivity index (χ0) is 19.2. The van der Waals surface area contributed by atoms with E-state index < -0.39 is 5.54 Å². The average molecular weight is 371 g/mol. The van der Waals surface area contributed by atoms with E-state index in [1.54, 1.807) is 25.7 Å². The fourth-order valence-electron chi connectivity index (χ4n) is 3.47. The van der Waals surface area contributed by atoms with Gasteiger partial charge in [0.25, 0.3) is 5.91 Å². The molecule has 4 rings (SSSR count). The second-order valence-corrected chi connectivity index (χ2v) is 7.05. The molecular weight excluding hydrogens is 350 g/mol.